The predicted molar refractivity (Wildman–Crippen MR) is 88.7 cm³/mol. The molecular weight excluding hydrogens is 328 g/mol. The molecule has 6 nitrogen and oxygen atoms in total. The van der Waals surface area contributed by atoms with Crippen molar-refractivity contribution in [2.24, 2.45) is 17.3 Å². The fourth-order valence-corrected chi connectivity index (χ4v) is 6.50. The number of hydrogen-bond acceptors (Lipinski definition) is 5. The second kappa shape index (κ2) is 4.95. The summed E-state index contributed by atoms with van der Waals surface area (Å²) in [5, 5.41) is 3.46. The highest BCUT2D eigenvalue weighted by Gasteiger charge is 2.61. The fraction of sp³-hybridized carbons (Fsp3) is 0.588. The maximum Gasteiger partial charge on any atom is 0.309 e. The van der Waals surface area contributed by atoms with E-state index in [1.807, 2.05) is 6.07 Å². The number of hydrogen-bond donors (Lipinski definition) is 2. The molecule has 4 aliphatic rings. The van der Waals surface area contributed by atoms with Gasteiger partial charge >= 0.3 is 5.97 Å². The van der Waals surface area contributed by atoms with Crippen molar-refractivity contribution in [3.63, 3.8) is 0 Å². The van der Waals surface area contributed by atoms with Gasteiger partial charge in [-0.1, -0.05) is 19.1 Å². The van der Waals surface area contributed by atoms with Crippen LogP contribution in [0.15, 0.2) is 29.2 Å². The lowest BCUT2D eigenvalue weighted by Crippen LogP contribution is -2.69. The summed E-state index contributed by atoms with van der Waals surface area (Å²) in [6.07, 6.45) is 3.02. The number of ether oxygens (including phenoxy) is 1. The number of methoxy groups -OCH3 is 1. The normalized spacial score (nSPS) is 39.1. The van der Waals surface area contributed by atoms with E-state index in [0.29, 0.717) is 18.5 Å². The van der Waals surface area contributed by atoms with Crippen molar-refractivity contribution in [2.75, 3.05) is 12.4 Å². The van der Waals surface area contributed by atoms with Crippen LogP contribution in [0.4, 0.5) is 5.69 Å². The lowest BCUT2D eigenvalue weighted by molar-refractivity contribution is -0.160. The number of para-hydroxylation sites is 1. The first-order valence-electron chi connectivity index (χ1n) is 8.29. The predicted octanol–water partition coefficient (Wildman–Crippen LogP) is 2.09. The lowest BCUT2D eigenvalue weighted by atomic mass is 9.52. The zero-order chi connectivity index (χ0) is 17.2. The standard InChI is InChI=1S/C17H22N2O4S/c1-16-8-7-11(9-12(16)15(20)23-2)17(10-16)18-13-5-3-4-6-14(13)24(21,22)19-17/h3-6,11-12,18-19H,7-10H2,1-2H3. The number of esters is 1. The van der Waals surface area contributed by atoms with Crippen molar-refractivity contribution in [3.8, 4) is 0 Å². The van der Waals surface area contributed by atoms with Gasteiger partial charge in [0.15, 0.2) is 0 Å². The first-order chi connectivity index (χ1) is 11.3. The second-order valence-electron chi connectivity index (χ2n) is 7.58. The average Bonchev–Trinajstić information content (AvgIpc) is 2.53. The van der Waals surface area contributed by atoms with Crippen molar-refractivity contribution in [1.82, 2.24) is 4.72 Å². The molecule has 0 radical (unpaired) electrons. The van der Waals surface area contributed by atoms with E-state index in [-0.39, 0.29) is 28.1 Å². The van der Waals surface area contributed by atoms with Crippen molar-refractivity contribution in [2.45, 2.75) is 43.2 Å². The molecule has 5 rings (SSSR count). The second-order valence-corrected chi connectivity index (χ2v) is 9.23. The quantitative estimate of drug-likeness (QED) is 0.758. The van der Waals surface area contributed by atoms with E-state index in [0.717, 1.165) is 12.8 Å². The van der Waals surface area contributed by atoms with Crippen molar-refractivity contribution >= 4 is 21.7 Å². The molecule has 1 aromatic rings. The summed E-state index contributed by atoms with van der Waals surface area (Å²) in [7, 11) is -2.15. The minimum atomic E-state index is -3.57. The Morgan fingerprint density at radius 3 is 2.79 bits per heavy atom. The number of nitrogens with one attached hydrogen (secondary N) is 2. The molecule has 3 fully saturated rings. The Balaban J connectivity index is 1.76. The SMILES string of the molecule is COC(=O)C1CC2CCC1(C)CC21Nc2ccccc2S(=O)(=O)N1. The summed E-state index contributed by atoms with van der Waals surface area (Å²) in [6.45, 7) is 2.07. The largest absolute Gasteiger partial charge is 0.469 e. The van der Waals surface area contributed by atoms with Crippen molar-refractivity contribution in [3.05, 3.63) is 24.3 Å². The molecular formula is C17H22N2O4S. The summed E-state index contributed by atoms with van der Waals surface area (Å²) < 4.78 is 33.4. The van der Waals surface area contributed by atoms with Crippen LogP contribution in [-0.4, -0.2) is 27.2 Å². The molecule has 24 heavy (non-hydrogen) atoms. The molecule has 1 aromatic carbocycles. The number of carbonyl (C=O) groups is 1. The molecule has 3 aliphatic carbocycles. The lowest BCUT2D eigenvalue weighted by Gasteiger charge is -2.60. The average molecular weight is 350 g/mol. The Kier molecular flexibility index (Phi) is 3.28. The van der Waals surface area contributed by atoms with E-state index in [2.05, 4.69) is 17.0 Å². The van der Waals surface area contributed by atoms with E-state index < -0.39 is 15.7 Å². The van der Waals surface area contributed by atoms with E-state index in [9.17, 15) is 13.2 Å². The summed E-state index contributed by atoms with van der Waals surface area (Å²) in [5.41, 5.74) is -0.351. The molecule has 7 heteroatoms. The summed E-state index contributed by atoms with van der Waals surface area (Å²) in [6, 6.07) is 6.97. The first-order valence-corrected chi connectivity index (χ1v) is 9.77. The molecule has 2 N–H and O–H groups in total. The molecule has 4 unspecified atom stereocenters. The van der Waals surface area contributed by atoms with Gasteiger partial charge in [-0.2, -0.15) is 4.72 Å². The minimum absolute atomic E-state index is 0.0616. The third-order valence-electron chi connectivity index (χ3n) is 6.14. The van der Waals surface area contributed by atoms with Crippen LogP contribution in [0.1, 0.15) is 32.6 Å². The van der Waals surface area contributed by atoms with Gasteiger partial charge in [-0.15, -0.1) is 0 Å². The molecule has 1 heterocycles. The van der Waals surface area contributed by atoms with Crippen molar-refractivity contribution in [1.29, 1.82) is 0 Å². The molecule has 1 aliphatic heterocycles. The first kappa shape index (κ1) is 15.9. The molecule has 4 atom stereocenters. The van der Waals surface area contributed by atoms with Crippen LogP contribution in [0.25, 0.3) is 0 Å². The smallest absolute Gasteiger partial charge is 0.309 e. The van der Waals surface area contributed by atoms with Gasteiger partial charge in [-0.05, 0) is 49.1 Å². The molecule has 1 spiro atoms. The molecule has 130 valence electrons. The molecule has 0 aromatic heterocycles. The maximum absolute atomic E-state index is 12.8. The maximum atomic E-state index is 12.8. The van der Waals surface area contributed by atoms with Crippen LogP contribution in [0.5, 0.6) is 0 Å². The van der Waals surface area contributed by atoms with E-state index in [1.54, 1.807) is 18.2 Å². The van der Waals surface area contributed by atoms with E-state index >= 15 is 0 Å². The highest BCUT2D eigenvalue weighted by atomic mass is 32.2. The molecule has 2 bridgehead atoms. The highest BCUT2D eigenvalue weighted by molar-refractivity contribution is 7.89. The Labute approximate surface area is 142 Å². The van der Waals surface area contributed by atoms with Gasteiger partial charge in [0, 0.05) is 0 Å². The van der Waals surface area contributed by atoms with Crippen LogP contribution >= 0.6 is 0 Å². The van der Waals surface area contributed by atoms with Gasteiger partial charge < -0.3 is 10.1 Å². The van der Waals surface area contributed by atoms with Crippen LogP contribution in [-0.2, 0) is 19.6 Å². The topological polar surface area (TPSA) is 84.5 Å². The van der Waals surface area contributed by atoms with E-state index in [1.165, 1.54) is 7.11 Å². The number of sulfonamides is 1. The van der Waals surface area contributed by atoms with Crippen LogP contribution in [0.3, 0.4) is 0 Å². The minimum Gasteiger partial charge on any atom is -0.469 e. The number of fused-ring (bicyclic) bond motifs is 3. The Morgan fingerprint density at radius 2 is 2.08 bits per heavy atom. The third-order valence-corrected chi connectivity index (χ3v) is 7.71. The van der Waals surface area contributed by atoms with E-state index in [4.69, 9.17) is 4.74 Å². The summed E-state index contributed by atoms with van der Waals surface area (Å²) in [4.78, 5) is 12.5. The van der Waals surface area contributed by atoms with Gasteiger partial charge in [0.1, 0.15) is 10.6 Å². The zero-order valence-electron chi connectivity index (χ0n) is 13.8. The van der Waals surface area contributed by atoms with Crippen LogP contribution < -0.4 is 10.0 Å². The van der Waals surface area contributed by atoms with Gasteiger partial charge in [0.25, 0.3) is 0 Å². The monoisotopic (exact) mass is 350 g/mol. The molecule has 3 saturated carbocycles. The van der Waals surface area contributed by atoms with Gasteiger partial charge in [0.05, 0.1) is 18.7 Å². The molecule has 0 amide bonds. The Morgan fingerprint density at radius 1 is 1.33 bits per heavy atom. The third kappa shape index (κ3) is 2.10. The fourth-order valence-electron chi connectivity index (χ4n) is 4.96. The van der Waals surface area contributed by atoms with Gasteiger partial charge in [-0.3, -0.25) is 4.79 Å². The number of rotatable bonds is 1. The number of anilines is 1. The van der Waals surface area contributed by atoms with Crippen LogP contribution in [0, 0.1) is 17.3 Å². The van der Waals surface area contributed by atoms with Crippen LogP contribution in [0.2, 0.25) is 0 Å². The highest BCUT2D eigenvalue weighted by Crippen LogP contribution is 2.59. The summed E-state index contributed by atoms with van der Waals surface area (Å²) in [5.74, 6) is -0.293. The molecule has 0 saturated heterocycles. The van der Waals surface area contributed by atoms with Gasteiger partial charge in [0.2, 0.25) is 10.0 Å². The van der Waals surface area contributed by atoms with Gasteiger partial charge in [-0.25, -0.2) is 8.42 Å². The zero-order valence-corrected chi connectivity index (χ0v) is 14.7. The van der Waals surface area contributed by atoms with Crippen molar-refractivity contribution < 1.29 is 17.9 Å². The number of carbonyl (C=O) groups excluding carboxylic acids is 1. The number of benzene rings is 1. The Bertz CT molecular complexity index is 809. The summed E-state index contributed by atoms with van der Waals surface area (Å²) >= 11 is 0. The Hall–Kier alpha value is -1.60.